The lowest BCUT2D eigenvalue weighted by atomic mass is 9.95. The van der Waals surface area contributed by atoms with Crippen molar-refractivity contribution >= 4 is 33.4 Å². The Kier molecular flexibility index (Phi) is 6.16. The minimum absolute atomic E-state index is 0.0254. The molecule has 18 heavy (non-hydrogen) atoms. The van der Waals surface area contributed by atoms with E-state index in [9.17, 15) is 4.79 Å². The highest BCUT2D eigenvalue weighted by atomic mass is 79.9. The van der Waals surface area contributed by atoms with Gasteiger partial charge in [-0.2, -0.15) is 0 Å². The number of amides is 1. The summed E-state index contributed by atoms with van der Waals surface area (Å²) in [6.07, 6.45) is 2.08. The number of hydrogen-bond acceptors (Lipinski definition) is 1. The van der Waals surface area contributed by atoms with Crippen molar-refractivity contribution in [2.75, 3.05) is 5.88 Å². The van der Waals surface area contributed by atoms with Gasteiger partial charge >= 0.3 is 0 Å². The van der Waals surface area contributed by atoms with Crippen LogP contribution >= 0.6 is 27.5 Å². The van der Waals surface area contributed by atoms with Gasteiger partial charge in [0, 0.05) is 10.4 Å². The van der Waals surface area contributed by atoms with Crippen LogP contribution in [0.5, 0.6) is 0 Å². The van der Waals surface area contributed by atoms with E-state index in [-0.39, 0.29) is 11.4 Å². The molecular weight excluding hydrogens is 314 g/mol. The predicted octanol–water partition coefficient (Wildman–Crippen LogP) is 3.91. The molecule has 0 aliphatic carbocycles. The Hall–Kier alpha value is -0.540. The first-order chi connectivity index (χ1) is 8.55. The molecule has 1 aromatic carbocycles. The first-order valence-electron chi connectivity index (χ1n) is 6.16. The molecular formula is C14H19BrClNO. The highest BCUT2D eigenvalue weighted by Gasteiger charge is 2.26. The van der Waals surface area contributed by atoms with Crippen LogP contribution in [0.2, 0.25) is 0 Å². The average molecular weight is 333 g/mol. The van der Waals surface area contributed by atoms with Crippen LogP contribution in [0.3, 0.4) is 0 Å². The molecule has 0 bridgehead atoms. The number of rotatable bonds is 6. The second kappa shape index (κ2) is 7.15. The number of carbonyl (C=O) groups excluding carboxylic acids is 1. The first-order valence-corrected chi connectivity index (χ1v) is 7.49. The fraction of sp³-hybridized carbons (Fsp3) is 0.500. The molecule has 0 radical (unpaired) electrons. The van der Waals surface area contributed by atoms with Crippen molar-refractivity contribution in [1.82, 2.24) is 5.32 Å². The minimum atomic E-state index is -0.273. The lowest BCUT2D eigenvalue weighted by Gasteiger charge is -2.30. The number of benzene rings is 1. The van der Waals surface area contributed by atoms with Crippen LogP contribution in [0, 0.1) is 0 Å². The maximum absolute atomic E-state index is 12.0. The molecule has 0 atom stereocenters. The van der Waals surface area contributed by atoms with Crippen LogP contribution in [0.25, 0.3) is 0 Å². The van der Waals surface area contributed by atoms with Crippen LogP contribution in [0.4, 0.5) is 0 Å². The summed E-state index contributed by atoms with van der Waals surface area (Å²) in [5.41, 5.74) is 0.725. The monoisotopic (exact) mass is 331 g/mol. The van der Waals surface area contributed by atoms with Gasteiger partial charge in [-0.05, 0) is 30.5 Å². The third kappa shape index (κ3) is 4.29. The van der Waals surface area contributed by atoms with E-state index in [1.807, 2.05) is 38.1 Å². The van der Waals surface area contributed by atoms with Crippen LogP contribution in [-0.4, -0.2) is 17.3 Å². The predicted molar refractivity (Wildman–Crippen MR) is 80.0 cm³/mol. The van der Waals surface area contributed by atoms with Gasteiger partial charge in [-0.15, -0.1) is 11.6 Å². The summed E-state index contributed by atoms with van der Waals surface area (Å²) in [5.74, 6) is 0.474. The molecule has 100 valence electrons. The van der Waals surface area contributed by atoms with Crippen molar-refractivity contribution in [3.63, 3.8) is 0 Å². The zero-order chi connectivity index (χ0) is 13.6. The van der Waals surface area contributed by atoms with Crippen LogP contribution in [-0.2, 0) is 11.2 Å². The normalized spacial score (nSPS) is 11.3. The highest BCUT2D eigenvalue weighted by molar-refractivity contribution is 9.10. The Bertz CT molecular complexity index is 396. The second-order valence-corrected chi connectivity index (χ2v) is 5.66. The summed E-state index contributed by atoms with van der Waals surface area (Å²) >= 11 is 9.38. The van der Waals surface area contributed by atoms with E-state index in [2.05, 4.69) is 21.2 Å². The first kappa shape index (κ1) is 15.5. The van der Waals surface area contributed by atoms with E-state index in [1.54, 1.807) is 0 Å². The molecule has 0 aliphatic heterocycles. The third-order valence-corrected chi connectivity index (χ3v) is 4.27. The molecule has 0 saturated heterocycles. The summed E-state index contributed by atoms with van der Waals surface area (Å²) in [5, 5.41) is 3.06. The maximum atomic E-state index is 12.0. The molecule has 1 N–H and O–H groups in total. The topological polar surface area (TPSA) is 29.1 Å². The quantitative estimate of drug-likeness (QED) is 0.786. The van der Waals surface area contributed by atoms with E-state index in [0.717, 1.165) is 22.9 Å². The fourth-order valence-corrected chi connectivity index (χ4v) is 2.71. The number of hydrogen-bond donors (Lipinski definition) is 1. The molecule has 0 aromatic heterocycles. The lowest BCUT2D eigenvalue weighted by Crippen LogP contribution is -2.49. The molecule has 1 rings (SSSR count). The van der Waals surface area contributed by atoms with Gasteiger partial charge in [0.1, 0.15) is 0 Å². The van der Waals surface area contributed by atoms with Crippen molar-refractivity contribution in [2.45, 2.75) is 38.6 Å². The van der Waals surface area contributed by atoms with E-state index in [4.69, 9.17) is 11.6 Å². The summed E-state index contributed by atoms with van der Waals surface area (Å²) in [4.78, 5) is 12.0. The lowest BCUT2D eigenvalue weighted by molar-refractivity contribution is -0.122. The van der Waals surface area contributed by atoms with E-state index in [0.29, 0.717) is 12.3 Å². The van der Waals surface area contributed by atoms with Gasteiger partial charge in [-0.1, -0.05) is 41.9 Å². The van der Waals surface area contributed by atoms with Crippen LogP contribution in [0.15, 0.2) is 28.7 Å². The van der Waals surface area contributed by atoms with Gasteiger partial charge in [-0.25, -0.2) is 0 Å². The van der Waals surface area contributed by atoms with Crippen LogP contribution in [0.1, 0.15) is 32.3 Å². The van der Waals surface area contributed by atoms with Crippen LogP contribution < -0.4 is 5.32 Å². The summed E-state index contributed by atoms with van der Waals surface area (Å²) in [7, 11) is 0. The fourth-order valence-electron chi connectivity index (χ4n) is 1.82. The van der Waals surface area contributed by atoms with E-state index in [1.165, 1.54) is 0 Å². The molecule has 2 nitrogen and oxygen atoms in total. The zero-order valence-electron chi connectivity index (χ0n) is 10.8. The summed E-state index contributed by atoms with van der Waals surface area (Å²) in [6.45, 7) is 4.09. The van der Waals surface area contributed by atoms with Gasteiger partial charge in [0.2, 0.25) is 5.91 Å². The number of halogens is 2. The number of carbonyl (C=O) groups is 1. The molecule has 0 aliphatic rings. The van der Waals surface area contributed by atoms with Gasteiger partial charge in [0.05, 0.1) is 12.0 Å². The van der Waals surface area contributed by atoms with E-state index >= 15 is 0 Å². The van der Waals surface area contributed by atoms with Crippen molar-refractivity contribution in [3.05, 3.63) is 34.3 Å². The standard InChI is InChI=1S/C14H19BrClNO/c1-3-14(4-2,10-16)17-13(18)9-11-6-5-7-12(15)8-11/h5-8H,3-4,9-10H2,1-2H3,(H,17,18). The molecule has 0 heterocycles. The van der Waals surface area contributed by atoms with Gasteiger partial charge in [0.25, 0.3) is 0 Å². The molecule has 4 heteroatoms. The molecule has 0 unspecified atom stereocenters. The average Bonchev–Trinajstić information content (AvgIpc) is 2.36. The third-order valence-electron chi connectivity index (χ3n) is 3.27. The Labute approximate surface area is 122 Å². The smallest absolute Gasteiger partial charge is 0.224 e. The van der Waals surface area contributed by atoms with Gasteiger partial charge in [-0.3, -0.25) is 4.79 Å². The number of alkyl halides is 1. The van der Waals surface area contributed by atoms with Crippen molar-refractivity contribution in [2.24, 2.45) is 0 Å². The van der Waals surface area contributed by atoms with Gasteiger partial charge in [0.15, 0.2) is 0 Å². The molecule has 0 spiro atoms. The van der Waals surface area contributed by atoms with Crippen molar-refractivity contribution in [3.8, 4) is 0 Å². The van der Waals surface area contributed by atoms with Gasteiger partial charge < -0.3 is 5.32 Å². The zero-order valence-corrected chi connectivity index (χ0v) is 13.1. The van der Waals surface area contributed by atoms with Crippen molar-refractivity contribution < 1.29 is 4.79 Å². The number of nitrogens with one attached hydrogen (secondary N) is 1. The summed E-state index contributed by atoms with van der Waals surface area (Å²) < 4.78 is 0.988. The Morgan fingerprint density at radius 2 is 2.06 bits per heavy atom. The second-order valence-electron chi connectivity index (χ2n) is 4.48. The largest absolute Gasteiger partial charge is 0.349 e. The summed E-state index contributed by atoms with van der Waals surface area (Å²) in [6, 6.07) is 7.79. The Morgan fingerprint density at radius 3 is 2.56 bits per heavy atom. The minimum Gasteiger partial charge on any atom is -0.349 e. The Balaban J connectivity index is 2.66. The van der Waals surface area contributed by atoms with Crippen molar-refractivity contribution in [1.29, 1.82) is 0 Å². The highest BCUT2D eigenvalue weighted by Crippen LogP contribution is 2.18. The van der Waals surface area contributed by atoms with E-state index < -0.39 is 0 Å². The molecule has 1 aromatic rings. The SMILES string of the molecule is CCC(CC)(CCl)NC(=O)Cc1cccc(Br)c1. The molecule has 0 saturated carbocycles. The molecule has 1 amide bonds. The Morgan fingerprint density at radius 1 is 1.39 bits per heavy atom. The molecule has 0 fully saturated rings. The maximum Gasteiger partial charge on any atom is 0.224 e.